The van der Waals surface area contributed by atoms with Crippen molar-refractivity contribution in [3.8, 4) is 11.0 Å². The van der Waals surface area contributed by atoms with E-state index in [9.17, 15) is 9.90 Å². The third kappa shape index (κ3) is 3.71. The van der Waals surface area contributed by atoms with Crippen LogP contribution in [0.1, 0.15) is 10.5 Å². The van der Waals surface area contributed by atoms with E-state index in [4.69, 9.17) is 11.6 Å². The number of aromatic nitrogens is 3. The van der Waals surface area contributed by atoms with Crippen molar-refractivity contribution >= 4 is 51.0 Å². The molecule has 4 heterocycles. The first-order valence-electron chi connectivity index (χ1n) is 9.77. The summed E-state index contributed by atoms with van der Waals surface area (Å²) >= 11 is 7.50. The number of piperazine rings is 1. The Morgan fingerprint density at radius 1 is 1.23 bits per heavy atom. The van der Waals surface area contributed by atoms with Crippen LogP contribution < -0.4 is 15.5 Å². The molecule has 0 atom stereocenters. The molecule has 0 aliphatic carbocycles. The Morgan fingerprint density at radius 2 is 2.06 bits per heavy atom. The van der Waals surface area contributed by atoms with Crippen LogP contribution in [-0.4, -0.2) is 51.7 Å². The minimum Gasteiger partial charge on any atom is -0.494 e. The van der Waals surface area contributed by atoms with Crippen molar-refractivity contribution in [3.63, 3.8) is 0 Å². The van der Waals surface area contributed by atoms with Gasteiger partial charge in [-0.25, -0.2) is 4.98 Å². The molecule has 3 aromatic heterocycles. The molecule has 3 N–H and O–H groups in total. The van der Waals surface area contributed by atoms with E-state index in [2.05, 4.69) is 25.5 Å². The summed E-state index contributed by atoms with van der Waals surface area (Å²) in [7, 11) is 0. The van der Waals surface area contributed by atoms with Gasteiger partial charge in [-0.15, -0.1) is 11.3 Å². The summed E-state index contributed by atoms with van der Waals surface area (Å²) in [4.78, 5) is 23.7. The van der Waals surface area contributed by atoms with Crippen LogP contribution in [0.15, 0.2) is 48.2 Å². The zero-order valence-corrected chi connectivity index (χ0v) is 18.0. The van der Waals surface area contributed by atoms with Gasteiger partial charge in [0.15, 0.2) is 5.13 Å². The Labute approximate surface area is 187 Å². The lowest BCUT2D eigenvalue weighted by Gasteiger charge is -2.30. The van der Waals surface area contributed by atoms with Crippen LogP contribution in [-0.2, 0) is 0 Å². The summed E-state index contributed by atoms with van der Waals surface area (Å²) in [6, 6.07) is 7.23. The third-order valence-corrected chi connectivity index (χ3v) is 6.38. The lowest BCUT2D eigenvalue weighted by atomic mass is 10.2. The number of hydrogen-bond donors (Lipinski definition) is 3. The molecule has 10 heteroatoms. The normalized spacial score (nSPS) is 14.2. The van der Waals surface area contributed by atoms with E-state index in [1.54, 1.807) is 42.2 Å². The van der Waals surface area contributed by atoms with Crippen molar-refractivity contribution in [2.45, 2.75) is 0 Å². The summed E-state index contributed by atoms with van der Waals surface area (Å²) < 4.78 is 1.54. The molecule has 158 valence electrons. The van der Waals surface area contributed by atoms with Gasteiger partial charge in [-0.05, 0) is 18.2 Å². The van der Waals surface area contributed by atoms with Crippen molar-refractivity contribution in [1.82, 2.24) is 19.9 Å². The Balaban J connectivity index is 1.41. The van der Waals surface area contributed by atoms with Crippen molar-refractivity contribution in [1.29, 1.82) is 0 Å². The highest BCUT2D eigenvalue weighted by atomic mass is 35.5. The molecule has 0 spiro atoms. The maximum Gasteiger partial charge on any atom is 0.275 e. The van der Waals surface area contributed by atoms with Crippen LogP contribution >= 0.6 is 22.9 Å². The molecule has 0 radical (unpaired) electrons. The lowest BCUT2D eigenvalue weighted by Crippen LogP contribution is -2.43. The quantitative estimate of drug-likeness (QED) is 0.437. The number of amides is 1. The van der Waals surface area contributed by atoms with Crippen LogP contribution in [0.25, 0.3) is 15.9 Å². The predicted octanol–water partition coefficient (Wildman–Crippen LogP) is 3.50. The highest BCUT2D eigenvalue weighted by Crippen LogP contribution is 2.35. The van der Waals surface area contributed by atoms with Gasteiger partial charge in [0.05, 0.1) is 22.6 Å². The van der Waals surface area contributed by atoms with E-state index in [0.717, 1.165) is 37.3 Å². The largest absolute Gasteiger partial charge is 0.494 e. The molecule has 5 rings (SSSR count). The number of rotatable bonds is 4. The summed E-state index contributed by atoms with van der Waals surface area (Å²) in [5.41, 5.74) is 1.84. The standard InChI is InChI=1S/C21H19ClN6O2S/c22-15-3-1-2-13-14(15)11-28(20(13)30)21-26-17(12-31-21)19(29)25-16-10-24-5-4-18(16)27-8-6-23-7-9-27/h1-5,10-12,23,30H,6-9H2,(H,25,29). The Hall–Kier alpha value is -3.14. The number of carbonyl (C=O) groups excluding carboxylic acids is 1. The van der Waals surface area contributed by atoms with Crippen molar-refractivity contribution < 1.29 is 9.90 Å². The first-order valence-corrected chi connectivity index (χ1v) is 11.0. The number of fused-ring (bicyclic) bond motifs is 1. The molecular weight excluding hydrogens is 436 g/mol. The van der Waals surface area contributed by atoms with Crippen LogP contribution in [0.3, 0.4) is 0 Å². The number of anilines is 2. The molecule has 31 heavy (non-hydrogen) atoms. The fourth-order valence-corrected chi connectivity index (χ4v) is 4.66. The monoisotopic (exact) mass is 454 g/mol. The van der Waals surface area contributed by atoms with Crippen molar-refractivity contribution in [3.05, 3.63) is 59.0 Å². The van der Waals surface area contributed by atoms with E-state index in [1.165, 1.54) is 15.9 Å². The van der Waals surface area contributed by atoms with E-state index in [-0.39, 0.29) is 17.5 Å². The lowest BCUT2D eigenvalue weighted by molar-refractivity contribution is 0.102. The molecule has 1 fully saturated rings. The minimum atomic E-state index is -0.332. The summed E-state index contributed by atoms with van der Waals surface area (Å²) in [6.45, 7) is 3.50. The number of aromatic hydroxyl groups is 1. The maximum absolute atomic E-state index is 12.9. The van der Waals surface area contributed by atoms with Gasteiger partial charge in [-0.2, -0.15) is 0 Å². The second kappa shape index (κ2) is 8.18. The number of thiazole rings is 1. The first-order chi connectivity index (χ1) is 15.1. The van der Waals surface area contributed by atoms with Crippen LogP contribution in [0.5, 0.6) is 5.88 Å². The van der Waals surface area contributed by atoms with E-state index < -0.39 is 0 Å². The van der Waals surface area contributed by atoms with Crippen LogP contribution in [0.2, 0.25) is 5.02 Å². The van der Waals surface area contributed by atoms with Crippen molar-refractivity contribution in [2.24, 2.45) is 0 Å². The average molecular weight is 455 g/mol. The molecule has 0 saturated carbocycles. The number of nitrogens with one attached hydrogen (secondary N) is 2. The third-order valence-electron chi connectivity index (χ3n) is 5.21. The van der Waals surface area contributed by atoms with Gasteiger partial charge in [-0.3, -0.25) is 14.3 Å². The highest BCUT2D eigenvalue weighted by molar-refractivity contribution is 7.12. The highest BCUT2D eigenvalue weighted by Gasteiger charge is 2.19. The summed E-state index contributed by atoms with van der Waals surface area (Å²) in [5.74, 6) is -0.298. The van der Waals surface area contributed by atoms with Gasteiger partial charge < -0.3 is 20.6 Å². The fourth-order valence-electron chi connectivity index (χ4n) is 3.66. The number of carbonyl (C=O) groups is 1. The Morgan fingerprint density at radius 3 is 2.87 bits per heavy atom. The number of nitrogens with zero attached hydrogens (tertiary/aromatic N) is 4. The molecule has 1 aliphatic rings. The smallest absolute Gasteiger partial charge is 0.275 e. The summed E-state index contributed by atoms with van der Waals surface area (Å²) in [6.07, 6.45) is 5.09. The average Bonchev–Trinajstić information content (AvgIpc) is 3.41. The zero-order valence-electron chi connectivity index (χ0n) is 16.4. The number of benzene rings is 1. The van der Waals surface area contributed by atoms with Gasteiger partial charge in [0.2, 0.25) is 5.88 Å². The molecule has 0 bridgehead atoms. The zero-order chi connectivity index (χ0) is 21.4. The van der Waals surface area contributed by atoms with Gasteiger partial charge >= 0.3 is 0 Å². The minimum absolute atomic E-state index is 0.0343. The SMILES string of the molecule is O=C(Nc1cnccc1N1CCNCC1)c1csc(-n2cc3c(Cl)cccc3c2O)n1. The molecule has 1 saturated heterocycles. The molecule has 8 nitrogen and oxygen atoms in total. The fraction of sp³-hybridized carbons (Fsp3) is 0.190. The van der Waals surface area contributed by atoms with Crippen molar-refractivity contribution in [2.75, 3.05) is 36.4 Å². The van der Waals surface area contributed by atoms with Crippen LogP contribution in [0, 0.1) is 0 Å². The number of halogens is 1. The predicted molar refractivity (Wildman–Crippen MR) is 123 cm³/mol. The number of hydrogen-bond acceptors (Lipinski definition) is 7. The van der Waals surface area contributed by atoms with Gasteiger partial charge in [0, 0.05) is 54.7 Å². The number of pyridine rings is 1. The molecular formula is C21H19ClN6O2S. The van der Waals surface area contributed by atoms with Gasteiger partial charge in [-0.1, -0.05) is 17.7 Å². The summed E-state index contributed by atoms with van der Waals surface area (Å²) in [5, 5.41) is 20.9. The second-order valence-electron chi connectivity index (χ2n) is 7.12. The van der Waals surface area contributed by atoms with Gasteiger partial charge in [0.25, 0.3) is 5.91 Å². The molecule has 1 aliphatic heterocycles. The molecule has 4 aromatic rings. The van der Waals surface area contributed by atoms with E-state index >= 15 is 0 Å². The Kier molecular flexibility index (Phi) is 5.23. The molecule has 0 unspecified atom stereocenters. The first kappa shape index (κ1) is 19.8. The molecule has 1 aromatic carbocycles. The van der Waals surface area contributed by atoms with Crippen LogP contribution in [0.4, 0.5) is 11.4 Å². The topological polar surface area (TPSA) is 95.3 Å². The van der Waals surface area contributed by atoms with Gasteiger partial charge in [0.1, 0.15) is 5.69 Å². The van der Waals surface area contributed by atoms with E-state index in [0.29, 0.717) is 21.2 Å². The maximum atomic E-state index is 12.9. The second-order valence-corrected chi connectivity index (χ2v) is 8.37. The molecule has 1 amide bonds. The Bertz CT molecular complexity index is 1260. The van der Waals surface area contributed by atoms with E-state index in [1.807, 2.05) is 6.07 Å².